The highest BCUT2D eigenvalue weighted by Gasteiger charge is 2.39. The Hall–Kier alpha value is -3.13. The van der Waals surface area contributed by atoms with Crippen molar-refractivity contribution in [3.05, 3.63) is 65.7 Å². The Kier molecular flexibility index (Phi) is 5.35. The van der Waals surface area contributed by atoms with E-state index >= 15 is 0 Å². The molecular formula is C21H19N3O4S. The molecule has 0 radical (unpaired) electrons. The number of hydrazone groups is 1. The number of carboxylic acids is 1. The van der Waals surface area contributed by atoms with Gasteiger partial charge >= 0.3 is 5.97 Å². The van der Waals surface area contributed by atoms with Crippen LogP contribution in [0.5, 0.6) is 5.75 Å². The average molecular weight is 409 g/mol. The van der Waals surface area contributed by atoms with E-state index in [0.29, 0.717) is 11.6 Å². The molecule has 0 saturated heterocycles. The number of rotatable bonds is 5. The highest BCUT2D eigenvalue weighted by molar-refractivity contribution is 8.15. The first-order valence-electron chi connectivity index (χ1n) is 9.12. The number of amidine groups is 1. The minimum absolute atomic E-state index is 0.115. The van der Waals surface area contributed by atoms with E-state index in [9.17, 15) is 9.59 Å². The first kappa shape index (κ1) is 19.2. The third kappa shape index (κ3) is 4.02. The summed E-state index contributed by atoms with van der Waals surface area (Å²) in [6.07, 6.45) is 0.392. The van der Waals surface area contributed by atoms with Gasteiger partial charge in [0.1, 0.15) is 11.0 Å². The predicted molar refractivity (Wildman–Crippen MR) is 111 cm³/mol. The highest BCUT2D eigenvalue weighted by Crippen LogP contribution is 2.38. The zero-order chi connectivity index (χ0) is 20.4. The molecule has 0 fully saturated rings. The fourth-order valence-electron chi connectivity index (χ4n) is 3.34. The Morgan fingerprint density at radius 2 is 1.93 bits per heavy atom. The average Bonchev–Trinajstić information content (AvgIpc) is 3.32. The summed E-state index contributed by atoms with van der Waals surface area (Å²) in [7, 11) is 1.62. The predicted octanol–water partition coefficient (Wildman–Crippen LogP) is 3.32. The standard InChI is InChI=1S/C21H19N3O4S/c1-28-15-9-7-13(8-10-15)16-11-17(14-5-3-2-4-6-14)24(23-16)21-22-20(27)18(29-21)12-19(25)26/h2-10,17-18H,11-12H2,1H3,(H,25,26)/t17-,18-/m1/s1. The van der Waals surface area contributed by atoms with Gasteiger partial charge in [0.25, 0.3) is 5.91 Å². The van der Waals surface area contributed by atoms with Crippen LogP contribution in [0.25, 0.3) is 0 Å². The van der Waals surface area contributed by atoms with Crippen molar-refractivity contribution in [2.45, 2.75) is 24.1 Å². The van der Waals surface area contributed by atoms with Crippen molar-refractivity contribution >= 4 is 34.5 Å². The van der Waals surface area contributed by atoms with Crippen LogP contribution in [0.4, 0.5) is 0 Å². The minimum Gasteiger partial charge on any atom is -0.497 e. The quantitative estimate of drug-likeness (QED) is 0.815. The van der Waals surface area contributed by atoms with E-state index < -0.39 is 17.1 Å². The van der Waals surface area contributed by atoms with Gasteiger partial charge in [-0.3, -0.25) is 9.59 Å². The number of benzene rings is 2. The summed E-state index contributed by atoms with van der Waals surface area (Å²) in [6.45, 7) is 0. The lowest BCUT2D eigenvalue weighted by atomic mass is 9.98. The van der Waals surface area contributed by atoms with E-state index in [1.807, 2.05) is 54.6 Å². The molecule has 0 bridgehead atoms. The van der Waals surface area contributed by atoms with Crippen molar-refractivity contribution in [1.29, 1.82) is 0 Å². The third-order valence-electron chi connectivity index (χ3n) is 4.80. The van der Waals surface area contributed by atoms with Crippen LogP contribution in [0.1, 0.15) is 30.0 Å². The number of hydrogen-bond acceptors (Lipinski definition) is 6. The molecule has 0 spiro atoms. The molecule has 0 aromatic heterocycles. The fourth-order valence-corrected chi connectivity index (χ4v) is 4.40. The Balaban J connectivity index is 1.65. The van der Waals surface area contributed by atoms with Crippen LogP contribution in [0.3, 0.4) is 0 Å². The van der Waals surface area contributed by atoms with Crippen molar-refractivity contribution in [3.8, 4) is 5.75 Å². The maximum atomic E-state index is 12.2. The van der Waals surface area contributed by atoms with Crippen LogP contribution >= 0.6 is 11.8 Å². The molecule has 2 aromatic rings. The van der Waals surface area contributed by atoms with Gasteiger partial charge in [0, 0.05) is 6.42 Å². The summed E-state index contributed by atoms with van der Waals surface area (Å²) in [5.41, 5.74) is 2.89. The van der Waals surface area contributed by atoms with Gasteiger partial charge in [-0.1, -0.05) is 42.1 Å². The van der Waals surface area contributed by atoms with Gasteiger partial charge in [0.2, 0.25) is 0 Å². The van der Waals surface area contributed by atoms with Gasteiger partial charge in [-0.25, -0.2) is 5.01 Å². The molecule has 0 saturated carbocycles. The van der Waals surface area contributed by atoms with E-state index in [4.69, 9.17) is 14.9 Å². The lowest BCUT2D eigenvalue weighted by molar-refractivity contribution is -0.138. The van der Waals surface area contributed by atoms with Crippen LogP contribution in [0, 0.1) is 0 Å². The van der Waals surface area contributed by atoms with Crippen molar-refractivity contribution in [1.82, 2.24) is 5.01 Å². The summed E-state index contributed by atoms with van der Waals surface area (Å²) in [6, 6.07) is 17.4. The molecule has 2 atom stereocenters. The second-order valence-corrected chi connectivity index (χ2v) is 7.86. The van der Waals surface area contributed by atoms with E-state index in [0.717, 1.165) is 34.3 Å². The van der Waals surface area contributed by atoms with Gasteiger partial charge in [0.15, 0.2) is 5.17 Å². The number of aliphatic carboxylic acids is 1. The normalized spacial score (nSPS) is 21.1. The number of carbonyl (C=O) groups is 2. The molecule has 29 heavy (non-hydrogen) atoms. The number of nitrogens with zero attached hydrogens (tertiary/aromatic N) is 3. The molecule has 0 unspecified atom stereocenters. The molecule has 148 valence electrons. The van der Waals surface area contributed by atoms with Crippen LogP contribution < -0.4 is 4.74 Å². The molecule has 1 N–H and O–H groups in total. The molecule has 2 heterocycles. The minimum atomic E-state index is -1.02. The van der Waals surface area contributed by atoms with E-state index in [-0.39, 0.29) is 12.5 Å². The third-order valence-corrected chi connectivity index (χ3v) is 5.94. The lowest BCUT2D eigenvalue weighted by Gasteiger charge is -2.23. The lowest BCUT2D eigenvalue weighted by Crippen LogP contribution is -2.24. The first-order valence-corrected chi connectivity index (χ1v) is 10.00. The molecule has 7 nitrogen and oxygen atoms in total. The molecular weight excluding hydrogens is 390 g/mol. The van der Waals surface area contributed by atoms with Crippen molar-refractivity contribution < 1.29 is 19.4 Å². The summed E-state index contributed by atoms with van der Waals surface area (Å²) in [5, 5.41) is 15.3. The number of aliphatic imine (C=N–C) groups is 1. The van der Waals surface area contributed by atoms with Crippen LogP contribution in [-0.4, -0.2) is 45.2 Å². The summed E-state index contributed by atoms with van der Waals surface area (Å²) in [4.78, 5) is 27.3. The van der Waals surface area contributed by atoms with Crippen LogP contribution in [-0.2, 0) is 9.59 Å². The van der Waals surface area contributed by atoms with Crippen LogP contribution in [0.2, 0.25) is 0 Å². The molecule has 2 aliphatic rings. The maximum absolute atomic E-state index is 12.2. The Morgan fingerprint density at radius 3 is 2.59 bits per heavy atom. The van der Waals surface area contributed by atoms with Crippen LogP contribution in [0.15, 0.2) is 64.7 Å². The largest absolute Gasteiger partial charge is 0.497 e. The molecule has 0 aliphatic carbocycles. The van der Waals surface area contributed by atoms with Gasteiger partial charge < -0.3 is 9.84 Å². The Labute approximate surface area is 172 Å². The van der Waals surface area contributed by atoms with Gasteiger partial charge in [-0.05, 0) is 35.4 Å². The highest BCUT2D eigenvalue weighted by atomic mass is 32.2. The monoisotopic (exact) mass is 409 g/mol. The van der Waals surface area contributed by atoms with Gasteiger partial charge in [-0.2, -0.15) is 10.1 Å². The topological polar surface area (TPSA) is 91.6 Å². The molecule has 8 heteroatoms. The molecule has 1 amide bonds. The van der Waals surface area contributed by atoms with Crippen molar-refractivity contribution in [2.24, 2.45) is 10.1 Å². The summed E-state index contributed by atoms with van der Waals surface area (Å²) < 4.78 is 5.22. The van der Waals surface area contributed by atoms with E-state index in [1.54, 1.807) is 12.1 Å². The summed E-state index contributed by atoms with van der Waals surface area (Å²) >= 11 is 1.16. The number of hydrogen-bond donors (Lipinski definition) is 1. The SMILES string of the molecule is COc1ccc(C2=NN(C3=NC(=O)[C@@H](CC(=O)O)S3)[C@@H](c3ccccc3)C2)cc1. The zero-order valence-corrected chi connectivity index (χ0v) is 16.5. The number of methoxy groups -OCH3 is 1. The number of carboxylic acid groups (broad SMARTS) is 1. The Morgan fingerprint density at radius 1 is 1.21 bits per heavy atom. The van der Waals surface area contributed by atoms with E-state index in [1.165, 1.54) is 0 Å². The second kappa shape index (κ2) is 8.08. The molecule has 2 aliphatic heterocycles. The summed E-state index contributed by atoms with van der Waals surface area (Å²) in [5.74, 6) is -0.676. The van der Waals surface area contributed by atoms with E-state index in [2.05, 4.69) is 4.99 Å². The zero-order valence-electron chi connectivity index (χ0n) is 15.7. The number of thioether (sulfide) groups is 1. The molecule has 4 rings (SSSR count). The second-order valence-electron chi connectivity index (χ2n) is 6.69. The first-order chi connectivity index (χ1) is 14.0. The number of carbonyl (C=O) groups excluding carboxylic acids is 1. The number of amides is 1. The Bertz CT molecular complexity index is 989. The van der Waals surface area contributed by atoms with Gasteiger partial charge in [-0.15, -0.1) is 0 Å². The maximum Gasteiger partial charge on any atom is 0.305 e. The van der Waals surface area contributed by atoms with Crippen molar-refractivity contribution in [2.75, 3.05) is 7.11 Å². The van der Waals surface area contributed by atoms with Crippen molar-refractivity contribution in [3.63, 3.8) is 0 Å². The van der Waals surface area contributed by atoms with Gasteiger partial charge in [0.05, 0.1) is 25.3 Å². The number of ether oxygens (including phenoxy) is 1. The molecule has 2 aromatic carbocycles. The fraction of sp³-hybridized carbons (Fsp3) is 0.238. The smallest absolute Gasteiger partial charge is 0.305 e.